The van der Waals surface area contributed by atoms with Crippen LogP contribution < -0.4 is 0 Å². The molecule has 17 heavy (non-hydrogen) atoms. The van der Waals surface area contributed by atoms with Gasteiger partial charge in [0.25, 0.3) is 0 Å². The van der Waals surface area contributed by atoms with Gasteiger partial charge in [0.1, 0.15) is 5.78 Å². The summed E-state index contributed by atoms with van der Waals surface area (Å²) < 4.78 is 5.26. The van der Waals surface area contributed by atoms with E-state index in [-0.39, 0.29) is 11.7 Å². The molecular formula is C13H27NO3. The molecule has 0 heterocycles. The molecule has 0 aliphatic heterocycles. The molecule has 0 atom stereocenters. The zero-order valence-electron chi connectivity index (χ0n) is 11.9. The first-order valence-corrected chi connectivity index (χ1v) is 6.45. The van der Waals surface area contributed by atoms with Crippen molar-refractivity contribution in [2.24, 2.45) is 0 Å². The topological polar surface area (TPSA) is 46.6 Å². The Morgan fingerprint density at radius 1 is 1.06 bits per heavy atom. The third-order valence-electron chi connectivity index (χ3n) is 2.22. The first kappa shape index (κ1) is 18.5. The molecule has 0 rings (SSSR count). The number of hydrogen-bond donors (Lipinski definition) is 0. The molecule has 0 N–H and O–H groups in total. The largest absolute Gasteiger partial charge is 0.379 e. The van der Waals surface area contributed by atoms with Crippen LogP contribution in [0, 0.1) is 0 Å². The van der Waals surface area contributed by atoms with Crippen LogP contribution in [0.4, 0.5) is 0 Å². The number of ether oxygens (including phenoxy) is 1. The summed E-state index contributed by atoms with van der Waals surface area (Å²) in [5.74, 6) is 0.330. The Bertz CT molecular complexity index is 205. The smallest absolute Gasteiger partial charge is 0.222 e. The van der Waals surface area contributed by atoms with Gasteiger partial charge in [-0.05, 0) is 0 Å². The number of nitrogens with zero attached hydrogens (tertiary/aromatic N) is 1. The molecule has 4 nitrogen and oxygen atoms in total. The molecule has 0 aromatic heterocycles. The minimum atomic E-state index is 0.114. The van der Waals surface area contributed by atoms with Gasteiger partial charge < -0.3 is 9.64 Å². The summed E-state index contributed by atoms with van der Waals surface area (Å²) in [5, 5.41) is 0. The van der Waals surface area contributed by atoms with Crippen molar-refractivity contribution in [2.75, 3.05) is 26.8 Å². The summed E-state index contributed by atoms with van der Waals surface area (Å²) >= 11 is 0. The van der Waals surface area contributed by atoms with Gasteiger partial charge in [0.15, 0.2) is 0 Å². The Labute approximate surface area is 105 Å². The highest BCUT2D eigenvalue weighted by atomic mass is 16.5. The lowest BCUT2D eigenvalue weighted by Gasteiger charge is -2.15. The normalized spacial score (nSPS) is 9.24. The molecule has 0 saturated carbocycles. The second-order valence-corrected chi connectivity index (χ2v) is 3.42. The van der Waals surface area contributed by atoms with Crippen molar-refractivity contribution >= 4 is 11.7 Å². The highest BCUT2D eigenvalue weighted by molar-refractivity contribution is 5.78. The van der Waals surface area contributed by atoms with E-state index >= 15 is 0 Å². The maximum absolute atomic E-state index is 11.1. The van der Waals surface area contributed by atoms with Crippen molar-refractivity contribution in [2.45, 2.75) is 47.0 Å². The highest BCUT2D eigenvalue weighted by Crippen LogP contribution is 1.92. The van der Waals surface area contributed by atoms with Crippen molar-refractivity contribution in [3.05, 3.63) is 0 Å². The lowest BCUT2D eigenvalue weighted by Crippen LogP contribution is -2.29. The van der Waals surface area contributed by atoms with E-state index in [1.807, 2.05) is 27.7 Å². The van der Waals surface area contributed by atoms with Crippen molar-refractivity contribution in [3.63, 3.8) is 0 Å². The van der Waals surface area contributed by atoms with Crippen molar-refractivity contribution in [1.29, 1.82) is 0 Å². The Balaban J connectivity index is 0. The van der Waals surface area contributed by atoms with Gasteiger partial charge in [-0.15, -0.1) is 0 Å². The number of carbonyl (C=O) groups is 2. The van der Waals surface area contributed by atoms with Crippen LogP contribution in [0.15, 0.2) is 0 Å². The van der Waals surface area contributed by atoms with Crippen LogP contribution in [0.2, 0.25) is 0 Å². The van der Waals surface area contributed by atoms with E-state index in [9.17, 15) is 9.59 Å². The van der Waals surface area contributed by atoms with Crippen LogP contribution in [-0.2, 0) is 14.3 Å². The molecular weight excluding hydrogens is 218 g/mol. The molecule has 0 aliphatic rings. The lowest BCUT2D eigenvalue weighted by molar-refractivity contribution is -0.130. The van der Waals surface area contributed by atoms with Crippen molar-refractivity contribution in [1.82, 2.24) is 4.90 Å². The Morgan fingerprint density at radius 2 is 1.65 bits per heavy atom. The van der Waals surface area contributed by atoms with Gasteiger partial charge in [-0.1, -0.05) is 27.7 Å². The summed E-state index contributed by atoms with van der Waals surface area (Å²) in [7, 11) is 1.76. The minimum Gasteiger partial charge on any atom is -0.379 e. The molecule has 0 aromatic carbocycles. The fraction of sp³-hybridized carbons (Fsp3) is 0.846. The maximum Gasteiger partial charge on any atom is 0.222 e. The Kier molecular flexibility index (Phi) is 14.3. The van der Waals surface area contributed by atoms with Crippen LogP contribution in [0.25, 0.3) is 0 Å². The number of Topliss-reactive ketones (excluding diaryl/α,β-unsaturated/α-hetero) is 1. The molecule has 4 heteroatoms. The van der Waals surface area contributed by atoms with Gasteiger partial charge in [0.2, 0.25) is 5.91 Å². The molecule has 0 fully saturated rings. The van der Waals surface area contributed by atoms with E-state index in [4.69, 9.17) is 4.74 Å². The first-order chi connectivity index (χ1) is 8.11. The summed E-state index contributed by atoms with van der Waals surface area (Å²) in [6.45, 7) is 9.22. The zero-order valence-corrected chi connectivity index (χ0v) is 11.9. The molecule has 0 aliphatic carbocycles. The van der Waals surface area contributed by atoms with E-state index < -0.39 is 0 Å². The molecule has 0 radical (unpaired) electrons. The molecule has 0 saturated heterocycles. The summed E-state index contributed by atoms with van der Waals surface area (Å²) in [4.78, 5) is 23.7. The fourth-order valence-electron chi connectivity index (χ4n) is 1.06. The number of ketones is 1. The third kappa shape index (κ3) is 11.4. The van der Waals surface area contributed by atoms with Crippen molar-refractivity contribution < 1.29 is 14.3 Å². The van der Waals surface area contributed by atoms with Gasteiger partial charge in [-0.25, -0.2) is 0 Å². The van der Waals surface area contributed by atoms with Gasteiger partial charge in [0.05, 0.1) is 13.2 Å². The average molecular weight is 245 g/mol. The third-order valence-corrected chi connectivity index (χ3v) is 2.22. The van der Waals surface area contributed by atoms with Gasteiger partial charge in [-0.2, -0.15) is 0 Å². The SMILES string of the molecule is CC.CCC(=O)CCOCCN(C)C(=O)CC. The number of rotatable bonds is 8. The van der Waals surface area contributed by atoms with Crippen LogP contribution in [0.1, 0.15) is 47.0 Å². The minimum absolute atomic E-state index is 0.114. The number of carbonyl (C=O) groups excluding carboxylic acids is 2. The Morgan fingerprint density at radius 3 is 2.12 bits per heavy atom. The van der Waals surface area contributed by atoms with E-state index in [0.29, 0.717) is 39.0 Å². The fourth-order valence-corrected chi connectivity index (χ4v) is 1.06. The van der Waals surface area contributed by atoms with Crippen LogP contribution >= 0.6 is 0 Å². The summed E-state index contributed by atoms with van der Waals surface area (Å²) in [5.41, 5.74) is 0. The van der Waals surface area contributed by atoms with Gasteiger partial charge in [-0.3, -0.25) is 9.59 Å². The number of hydrogen-bond acceptors (Lipinski definition) is 3. The summed E-state index contributed by atoms with van der Waals surface area (Å²) in [6.07, 6.45) is 1.56. The summed E-state index contributed by atoms with van der Waals surface area (Å²) in [6, 6.07) is 0. The van der Waals surface area contributed by atoms with E-state index in [0.717, 1.165) is 0 Å². The number of likely N-dealkylation sites (N-methyl/N-ethyl adjacent to an activating group) is 1. The average Bonchev–Trinajstić information content (AvgIpc) is 2.38. The molecule has 0 aromatic rings. The lowest BCUT2D eigenvalue weighted by atomic mass is 10.2. The number of amides is 1. The van der Waals surface area contributed by atoms with Crippen molar-refractivity contribution in [3.8, 4) is 0 Å². The Hall–Kier alpha value is -0.900. The van der Waals surface area contributed by atoms with Gasteiger partial charge >= 0.3 is 0 Å². The first-order valence-electron chi connectivity index (χ1n) is 6.45. The van der Waals surface area contributed by atoms with Crippen LogP contribution in [0.3, 0.4) is 0 Å². The highest BCUT2D eigenvalue weighted by Gasteiger charge is 2.04. The van der Waals surface area contributed by atoms with E-state index in [2.05, 4.69) is 0 Å². The van der Waals surface area contributed by atoms with Crippen LogP contribution in [-0.4, -0.2) is 43.4 Å². The zero-order chi connectivity index (χ0) is 13.7. The second-order valence-electron chi connectivity index (χ2n) is 3.42. The molecule has 102 valence electrons. The molecule has 0 unspecified atom stereocenters. The second kappa shape index (κ2) is 13.2. The standard InChI is InChI=1S/C11H21NO3.C2H6/c1-4-10(13)6-8-15-9-7-12(3)11(14)5-2;1-2/h4-9H2,1-3H3;1-2H3. The quantitative estimate of drug-likeness (QED) is 0.616. The van der Waals surface area contributed by atoms with E-state index in [1.54, 1.807) is 11.9 Å². The maximum atomic E-state index is 11.1. The predicted molar refractivity (Wildman–Crippen MR) is 70.0 cm³/mol. The van der Waals surface area contributed by atoms with E-state index in [1.165, 1.54) is 0 Å². The molecule has 0 spiro atoms. The van der Waals surface area contributed by atoms with Crippen LogP contribution in [0.5, 0.6) is 0 Å². The monoisotopic (exact) mass is 245 g/mol. The van der Waals surface area contributed by atoms with Gasteiger partial charge in [0, 0.05) is 32.9 Å². The molecule has 0 bridgehead atoms. The molecule has 1 amide bonds. The predicted octanol–water partition coefficient (Wildman–Crippen LogP) is 2.27.